The molecule has 1 aromatic carbocycles. The summed E-state index contributed by atoms with van der Waals surface area (Å²) in [5.74, 6) is -1.78. The maximum absolute atomic E-state index is 12.8. The molecule has 28 heavy (non-hydrogen) atoms. The van der Waals surface area contributed by atoms with Gasteiger partial charge in [-0.25, -0.2) is 0 Å². The van der Waals surface area contributed by atoms with Gasteiger partial charge in [-0.05, 0) is 30.5 Å². The molecule has 0 aliphatic carbocycles. The Kier molecular flexibility index (Phi) is 7.37. The summed E-state index contributed by atoms with van der Waals surface area (Å²) in [6.07, 6.45) is 2.44. The largest absolute Gasteiger partial charge is 0.481 e. The van der Waals surface area contributed by atoms with Gasteiger partial charge in [0, 0.05) is 13.0 Å². The first kappa shape index (κ1) is 21.2. The number of nitrogens with one attached hydrogen (secondary N) is 2. The van der Waals surface area contributed by atoms with Crippen LogP contribution in [0.4, 0.5) is 0 Å². The van der Waals surface area contributed by atoms with Crippen molar-refractivity contribution in [1.82, 2.24) is 10.6 Å². The predicted octanol–water partition coefficient (Wildman–Crippen LogP) is 2.63. The lowest BCUT2D eigenvalue weighted by Crippen LogP contribution is -2.51. The minimum Gasteiger partial charge on any atom is -0.481 e. The van der Waals surface area contributed by atoms with E-state index < -0.39 is 29.2 Å². The van der Waals surface area contributed by atoms with Crippen LogP contribution in [0.5, 0.6) is 0 Å². The van der Waals surface area contributed by atoms with Crippen molar-refractivity contribution in [2.75, 3.05) is 6.54 Å². The predicted molar refractivity (Wildman–Crippen MR) is 104 cm³/mol. The highest BCUT2D eigenvalue weighted by Gasteiger charge is 2.36. The zero-order valence-electron chi connectivity index (χ0n) is 16.1. The summed E-state index contributed by atoms with van der Waals surface area (Å²) >= 11 is 0. The van der Waals surface area contributed by atoms with Gasteiger partial charge >= 0.3 is 5.97 Å². The van der Waals surface area contributed by atoms with Gasteiger partial charge in [-0.15, -0.1) is 0 Å². The van der Waals surface area contributed by atoms with Gasteiger partial charge in [-0.1, -0.05) is 44.2 Å². The molecule has 0 bridgehead atoms. The molecule has 0 spiro atoms. The van der Waals surface area contributed by atoms with E-state index in [9.17, 15) is 19.5 Å². The summed E-state index contributed by atoms with van der Waals surface area (Å²) in [6, 6.07) is 11.5. The molecule has 3 N–H and O–H groups in total. The van der Waals surface area contributed by atoms with E-state index in [0.717, 1.165) is 5.56 Å². The monoisotopic (exact) mass is 386 g/mol. The Morgan fingerprint density at radius 3 is 2.29 bits per heavy atom. The molecule has 0 aliphatic rings. The van der Waals surface area contributed by atoms with Crippen LogP contribution in [0.1, 0.15) is 42.8 Å². The van der Waals surface area contributed by atoms with Crippen molar-refractivity contribution in [3.8, 4) is 0 Å². The third-order valence-corrected chi connectivity index (χ3v) is 5.06. The maximum Gasteiger partial charge on any atom is 0.311 e. The highest BCUT2D eigenvalue weighted by Crippen LogP contribution is 2.25. The molecule has 1 unspecified atom stereocenters. The van der Waals surface area contributed by atoms with Gasteiger partial charge < -0.3 is 20.2 Å². The lowest BCUT2D eigenvalue weighted by Gasteiger charge is -2.28. The number of carboxylic acids is 1. The zero-order chi connectivity index (χ0) is 20.6. The molecule has 0 saturated carbocycles. The molecular formula is C21H26N2O5. The number of carbonyl (C=O) groups excluding carboxylic acids is 2. The molecule has 2 rings (SSSR count). The van der Waals surface area contributed by atoms with Gasteiger partial charge in [0.15, 0.2) is 5.76 Å². The Morgan fingerprint density at radius 1 is 1.07 bits per heavy atom. The molecule has 1 heterocycles. The minimum atomic E-state index is -1.03. The van der Waals surface area contributed by atoms with Gasteiger partial charge in [-0.3, -0.25) is 14.4 Å². The first-order valence-corrected chi connectivity index (χ1v) is 9.31. The molecule has 150 valence electrons. The van der Waals surface area contributed by atoms with E-state index >= 15 is 0 Å². The Bertz CT molecular complexity index is 782. The summed E-state index contributed by atoms with van der Waals surface area (Å²) in [7, 11) is 0. The molecule has 0 fully saturated rings. The molecule has 2 aromatic rings. The van der Waals surface area contributed by atoms with E-state index in [4.69, 9.17) is 4.42 Å². The van der Waals surface area contributed by atoms with Crippen molar-refractivity contribution in [3.05, 3.63) is 60.1 Å². The number of carboxylic acid groups (broad SMARTS) is 1. The molecular weight excluding hydrogens is 360 g/mol. The first-order chi connectivity index (χ1) is 13.4. The van der Waals surface area contributed by atoms with Crippen LogP contribution in [0, 0.1) is 5.41 Å². The second-order valence-electron chi connectivity index (χ2n) is 6.70. The highest BCUT2D eigenvalue weighted by atomic mass is 16.4. The van der Waals surface area contributed by atoms with E-state index in [0.29, 0.717) is 12.8 Å². The van der Waals surface area contributed by atoms with Crippen LogP contribution in [0.2, 0.25) is 0 Å². The topological polar surface area (TPSA) is 109 Å². The highest BCUT2D eigenvalue weighted by molar-refractivity contribution is 5.95. The van der Waals surface area contributed by atoms with Crippen LogP contribution < -0.4 is 10.6 Å². The number of furan rings is 1. The van der Waals surface area contributed by atoms with Crippen molar-refractivity contribution >= 4 is 17.8 Å². The molecule has 7 nitrogen and oxygen atoms in total. The number of carbonyl (C=O) groups is 3. The number of benzene rings is 1. The summed E-state index contributed by atoms with van der Waals surface area (Å²) in [5.41, 5.74) is -0.157. The fraction of sp³-hybridized carbons (Fsp3) is 0.381. The van der Waals surface area contributed by atoms with Crippen molar-refractivity contribution in [2.24, 2.45) is 5.41 Å². The van der Waals surface area contributed by atoms with Gasteiger partial charge in [-0.2, -0.15) is 0 Å². The molecule has 7 heteroatoms. The second-order valence-corrected chi connectivity index (χ2v) is 6.70. The molecule has 1 atom stereocenters. The van der Waals surface area contributed by atoms with Crippen molar-refractivity contribution < 1.29 is 23.9 Å². The van der Waals surface area contributed by atoms with E-state index in [1.54, 1.807) is 19.9 Å². The van der Waals surface area contributed by atoms with E-state index in [2.05, 4.69) is 10.6 Å². The molecule has 2 amide bonds. The van der Waals surface area contributed by atoms with Gasteiger partial charge in [0.05, 0.1) is 11.7 Å². The van der Waals surface area contributed by atoms with Crippen molar-refractivity contribution in [3.63, 3.8) is 0 Å². The lowest BCUT2D eigenvalue weighted by atomic mass is 9.82. The third kappa shape index (κ3) is 5.22. The van der Waals surface area contributed by atoms with Crippen LogP contribution in [-0.4, -0.2) is 35.5 Å². The van der Waals surface area contributed by atoms with Crippen LogP contribution in [0.3, 0.4) is 0 Å². The number of amides is 2. The van der Waals surface area contributed by atoms with Crippen LogP contribution in [0.15, 0.2) is 53.1 Å². The summed E-state index contributed by atoms with van der Waals surface area (Å²) in [5, 5.41) is 14.9. The van der Waals surface area contributed by atoms with Gasteiger partial charge in [0.25, 0.3) is 5.91 Å². The van der Waals surface area contributed by atoms with Gasteiger partial charge in [0.2, 0.25) is 5.91 Å². The third-order valence-electron chi connectivity index (χ3n) is 5.06. The number of rotatable bonds is 10. The first-order valence-electron chi connectivity index (χ1n) is 9.31. The quantitative estimate of drug-likeness (QED) is 0.582. The standard InChI is InChI=1S/C21H26N2O5/c1-3-21(4-2,20(26)27)14-22-18(24)16(13-15-9-6-5-7-10-15)23-19(25)17-11-8-12-28-17/h5-12,16H,3-4,13-14H2,1-2H3,(H,22,24)(H,23,25)(H,26,27). The summed E-state index contributed by atoms with van der Waals surface area (Å²) < 4.78 is 5.09. The normalized spacial score (nSPS) is 12.2. The van der Waals surface area contributed by atoms with Crippen molar-refractivity contribution in [2.45, 2.75) is 39.2 Å². The SMILES string of the molecule is CCC(CC)(CNC(=O)C(Cc1ccccc1)NC(=O)c1ccco1)C(=O)O. The fourth-order valence-electron chi connectivity index (χ4n) is 2.95. The Morgan fingerprint density at radius 2 is 1.75 bits per heavy atom. The summed E-state index contributed by atoms with van der Waals surface area (Å²) in [4.78, 5) is 36.8. The Labute approximate surface area is 164 Å². The Balaban J connectivity index is 2.13. The van der Waals surface area contributed by atoms with Crippen LogP contribution in [-0.2, 0) is 16.0 Å². The Hall–Kier alpha value is -3.09. The number of hydrogen-bond donors (Lipinski definition) is 3. The number of hydrogen-bond acceptors (Lipinski definition) is 4. The summed E-state index contributed by atoms with van der Waals surface area (Å²) in [6.45, 7) is 3.56. The molecule has 0 saturated heterocycles. The second kappa shape index (κ2) is 9.73. The number of aliphatic carboxylic acids is 1. The van der Waals surface area contributed by atoms with E-state index in [1.165, 1.54) is 12.3 Å². The zero-order valence-corrected chi connectivity index (χ0v) is 16.1. The van der Waals surface area contributed by atoms with Crippen LogP contribution >= 0.6 is 0 Å². The average Bonchev–Trinajstić information content (AvgIpc) is 3.24. The minimum absolute atomic E-state index is 0.00389. The smallest absolute Gasteiger partial charge is 0.311 e. The van der Waals surface area contributed by atoms with Gasteiger partial charge in [0.1, 0.15) is 6.04 Å². The molecule has 0 radical (unpaired) electrons. The fourth-order valence-corrected chi connectivity index (χ4v) is 2.95. The average molecular weight is 386 g/mol. The van der Waals surface area contributed by atoms with E-state index in [-0.39, 0.29) is 18.7 Å². The molecule has 0 aliphatic heterocycles. The molecule has 1 aromatic heterocycles. The van der Waals surface area contributed by atoms with E-state index in [1.807, 2.05) is 30.3 Å². The van der Waals surface area contributed by atoms with Crippen molar-refractivity contribution in [1.29, 1.82) is 0 Å². The van der Waals surface area contributed by atoms with Crippen LogP contribution in [0.25, 0.3) is 0 Å². The maximum atomic E-state index is 12.8. The lowest BCUT2D eigenvalue weighted by molar-refractivity contribution is -0.149.